The van der Waals surface area contributed by atoms with Gasteiger partial charge in [-0.25, -0.2) is 0 Å². The molecule has 2 fully saturated rings. The lowest BCUT2D eigenvalue weighted by atomic mass is 9.94. The Balaban J connectivity index is 2.19. The SMILES string of the molecule is CC1CC(N)C2CC12C. The van der Waals surface area contributed by atoms with Crippen molar-refractivity contribution in [2.75, 3.05) is 0 Å². The lowest BCUT2D eigenvalue weighted by Crippen LogP contribution is -2.19. The standard InChI is InChI=1S/C8H15N/c1-5-3-7(9)6-4-8(5,6)2/h5-7H,3-4,9H2,1-2H3. The maximum absolute atomic E-state index is 5.90. The van der Waals surface area contributed by atoms with E-state index in [9.17, 15) is 0 Å². The second-order valence-corrected chi connectivity index (χ2v) is 4.12. The highest BCUT2D eigenvalue weighted by atomic mass is 14.8. The molecule has 0 bridgehead atoms. The van der Waals surface area contributed by atoms with Gasteiger partial charge in [0.2, 0.25) is 0 Å². The number of nitrogens with two attached hydrogens (primary N) is 1. The molecule has 9 heavy (non-hydrogen) atoms. The van der Waals surface area contributed by atoms with Gasteiger partial charge in [-0.3, -0.25) is 0 Å². The first-order chi connectivity index (χ1) is 4.14. The summed E-state index contributed by atoms with van der Waals surface area (Å²) in [5.41, 5.74) is 6.56. The molecule has 0 aromatic heterocycles. The lowest BCUT2D eigenvalue weighted by molar-refractivity contribution is 0.387. The molecule has 52 valence electrons. The summed E-state index contributed by atoms with van der Waals surface area (Å²) in [6.07, 6.45) is 2.66. The highest BCUT2D eigenvalue weighted by Gasteiger charge is 2.60. The monoisotopic (exact) mass is 125 g/mol. The molecule has 2 N–H and O–H groups in total. The number of hydrogen-bond donors (Lipinski definition) is 1. The summed E-state index contributed by atoms with van der Waals surface area (Å²) in [5.74, 6) is 1.77. The third-order valence-electron chi connectivity index (χ3n) is 3.61. The van der Waals surface area contributed by atoms with Crippen molar-refractivity contribution in [2.45, 2.75) is 32.7 Å². The van der Waals surface area contributed by atoms with Gasteiger partial charge in [-0.1, -0.05) is 13.8 Å². The van der Waals surface area contributed by atoms with Crippen molar-refractivity contribution in [3.63, 3.8) is 0 Å². The van der Waals surface area contributed by atoms with Crippen LogP contribution in [0.25, 0.3) is 0 Å². The van der Waals surface area contributed by atoms with Crippen LogP contribution >= 0.6 is 0 Å². The first kappa shape index (κ1) is 5.72. The summed E-state index contributed by atoms with van der Waals surface area (Å²) >= 11 is 0. The molecule has 0 aromatic carbocycles. The average Bonchev–Trinajstić information content (AvgIpc) is 2.38. The Bertz CT molecular complexity index is 140. The van der Waals surface area contributed by atoms with Gasteiger partial charge in [0.1, 0.15) is 0 Å². The van der Waals surface area contributed by atoms with E-state index < -0.39 is 0 Å². The molecule has 0 heterocycles. The van der Waals surface area contributed by atoms with E-state index in [4.69, 9.17) is 5.73 Å². The van der Waals surface area contributed by atoms with E-state index in [1.54, 1.807) is 0 Å². The molecule has 0 aromatic rings. The Morgan fingerprint density at radius 2 is 2.22 bits per heavy atom. The van der Waals surface area contributed by atoms with E-state index in [1.165, 1.54) is 12.8 Å². The van der Waals surface area contributed by atoms with Crippen molar-refractivity contribution < 1.29 is 0 Å². The first-order valence-electron chi connectivity index (χ1n) is 3.90. The van der Waals surface area contributed by atoms with E-state index in [1.807, 2.05) is 0 Å². The van der Waals surface area contributed by atoms with Gasteiger partial charge < -0.3 is 5.73 Å². The third-order valence-corrected chi connectivity index (χ3v) is 3.61. The summed E-state index contributed by atoms with van der Waals surface area (Å²) < 4.78 is 0. The van der Waals surface area contributed by atoms with E-state index in [-0.39, 0.29) is 0 Å². The van der Waals surface area contributed by atoms with Gasteiger partial charge in [-0.05, 0) is 30.1 Å². The van der Waals surface area contributed by atoms with Crippen LogP contribution in [0.5, 0.6) is 0 Å². The van der Waals surface area contributed by atoms with Crippen LogP contribution in [-0.4, -0.2) is 6.04 Å². The molecule has 4 unspecified atom stereocenters. The summed E-state index contributed by atoms with van der Waals surface area (Å²) in [6.45, 7) is 4.72. The van der Waals surface area contributed by atoms with Gasteiger partial charge in [0.25, 0.3) is 0 Å². The maximum atomic E-state index is 5.90. The summed E-state index contributed by atoms with van der Waals surface area (Å²) in [6, 6.07) is 0.532. The van der Waals surface area contributed by atoms with Crippen LogP contribution in [0.2, 0.25) is 0 Å². The van der Waals surface area contributed by atoms with Crippen LogP contribution in [0.4, 0.5) is 0 Å². The fraction of sp³-hybridized carbons (Fsp3) is 1.00. The topological polar surface area (TPSA) is 26.0 Å². The average molecular weight is 125 g/mol. The van der Waals surface area contributed by atoms with Crippen molar-refractivity contribution in [1.29, 1.82) is 0 Å². The first-order valence-corrected chi connectivity index (χ1v) is 3.90. The summed E-state index contributed by atoms with van der Waals surface area (Å²) in [7, 11) is 0. The largest absolute Gasteiger partial charge is 0.327 e. The fourth-order valence-corrected chi connectivity index (χ4v) is 2.46. The molecule has 0 amide bonds. The van der Waals surface area contributed by atoms with Crippen molar-refractivity contribution >= 4 is 0 Å². The molecule has 2 saturated carbocycles. The molecule has 2 rings (SSSR count). The van der Waals surface area contributed by atoms with E-state index in [0.717, 1.165) is 11.8 Å². The van der Waals surface area contributed by atoms with Crippen molar-refractivity contribution in [3.8, 4) is 0 Å². The molecule has 0 saturated heterocycles. The Morgan fingerprint density at radius 3 is 2.33 bits per heavy atom. The fourth-order valence-electron chi connectivity index (χ4n) is 2.46. The lowest BCUT2D eigenvalue weighted by Gasteiger charge is -2.11. The second kappa shape index (κ2) is 1.34. The van der Waals surface area contributed by atoms with E-state index in [2.05, 4.69) is 13.8 Å². The number of fused-ring (bicyclic) bond motifs is 1. The minimum absolute atomic E-state index is 0.532. The molecule has 2 aliphatic rings. The molecular weight excluding hydrogens is 110 g/mol. The predicted octanol–water partition coefficient (Wildman–Crippen LogP) is 1.38. The third kappa shape index (κ3) is 0.536. The highest BCUT2D eigenvalue weighted by Crippen LogP contribution is 2.65. The zero-order chi connectivity index (χ0) is 6.65. The Labute approximate surface area is 56.6 Å². The maximum Gasteiger partial charge on any atom is 0.00754 e. The normalized spacial score (nSPS) is 63.7. The van der Waals surface area contributed by atoms with Crippen LogP contribution in [0.1, 0.15) is 26.7 Å². The van der Waals surface area contributed by atoms with Gasteiger partial charge in [0.15, 0.2) is 0 Å². The zero-order valence-electron chi connectivity index (χ0n) is 6.22. The summed E-state index contributed by atoms with van der Waals surface area (Å²) in [5, 5.41) is 0. The quantitative estimate of drug-likeness (QED) is 0.520. The van der Waals surface area contributed by atoms with Crippen molar-refractivity contribution in [2.24, 2.45) is 23.0 Å². The predicted molar refractivity (Wildman–Crippen MR) is 38.0 cm³/mol. The van der Waals surface area contributed by atoms with Gasteiger partial charge >= 0.3 is 0 Å². The van der Waals surface area contributed by atoms with Crippen molar-refractivity contribution in [3.05, 3.63) is 0 Å². The Kier molecular flexibility index (Phi) is 0.852. The van der Waals surface area contributed by atoms with Gasteiger partial charge in [0.05, 0.1) is 0 Å². The molecule has 0 aliphatic heterocycles. The molecule has 4 atom stereocenters. The van der Waals surface area contributed by atoms with Gasteiger partial charge in [-0.2, -0.15) is 0 Å². The molecular formula is C8H15N. The minimum atomic E-state index is 0.532. The number of rotatable bonds is 0. The minimum Gasteiger partial charge on any atom is -0.327 e. The van der Waals surface area contributed by atoms with E-state index >= 15 is 0 Å². The van der Waals surface area contributed by atoms with Crippen molar-refractivity contribution in [1.82, 2.24) is 0 Å². The zero-order valence-corrected chi connectivity index (χ0v) is 6.22. The molecule has 2 aliphatic carbocycles. The Morgan fingerprint density at radius 1 is 1.56 bits per heavy atom. The number of hydrogen-bond acceptors (Lipinski definition) is 1. The molecule has 1 nitrogen and oxygen atoms in total. The molecule has 0 spiro atoms. The van der Waals surface area contributed by atoms with E-state index in [0.29, 0.717) is 11.5 Å². The molecule has 1 heteroatoms. The molecule has 0 radical (unpaired) electrons. The summed E-state index contributed by atoms with van der Waals surface area (Å²) in [4.78, 5) is 0. The van der Waals surface area contributed by atoms with Crippen LogP contribution in [0.3, 0.4) is 0 Å². The van der Waals surface area contributed by atoms with Crippen LogP contribution in [0.15, 0.2) is 0 Å². The van der Waals surface area contributed by atoms with Gasteiger partial charge in [-0.15, -0.1) is 0 Å². The van der Waals surface area contributed by atoms with Gasteiger partial charge in [0, 0.05) is 6.04 Å². The Hall–Kier alpha value is -0.0400. The van der Waals surface area contributed by atoms with Crippen LogP contribution < -0.4 is 5.73 Å². The second-order valence-electron chi connectivity index (χ2n) is 4.12. The smallest absolute Gasteiger partial charge is 0.00754 e. The van der Waals surface area contributed by atoms with Crippen LogP contribution in [0, 0.1) is 17.3 Å². The van der Waals surface area contributed by atoms with Crippen LogP contribution in [-0.2, 0) is 0 Å². The highest BCUT2D eigenvalue weighted by molar-refractivity contribution is 5.12.